The Morgan fingerprint density at radius 2 is 1.80 bits per heavy atom. The number of hydrogen-bond acceptors (Lipinski definition) is 15. The SMILES string of the molecule is COc1cc2c(cc1O)CCNC21CSC2c3c(OC(C)=O)c(C)c4c(c3[C@H](COC1=O)N1[C@@H](O)C3Cc5cc(C)c(OC)c(O)c5[C@H]([C@H]21)N3C)OCO4. The van der Waals surface area contributed by atoms with Gasteiger partial charge < -0.3 is 43.7 Å². The van der Waals surface area contributed by atoms with E-state index in [1.54, 1.807) is 12.1 Å². The first-order valence-corrected chi connectivity index (χ1v) is 19.1. The molecule has 0 radical (unpaired) electrons. The highest BCUT2D eigenvalue weighted by molar-refractivity contribution is 7.99. The van der Waals surface area contributed by atoms with Crippen LogP contribution >= 0.6 is 11.8 Å². The summed E-state index contributed by atoms with van der Waals surface area (Å²) in [6, 6.07) is 3.13. The van der Waals surface area contributed by atoms with Gasteiger partial charge in [0.2, 0.25) is 6.79 Å². The monoisotopic (exact) mass is 761 g/mol. The molecule has 0 aliphatic carbocycles. The molecule has 1 spiro atoms. The maximum absolute atomic E-state index is 14.7. The van der Waals surface area contributed by atoms with Crippen LogP contribution in [0.25, 0.3) is 0 Å². The molecule has 7 aliphatic heterocycles. The fraction of sp³-hybridized carbons (Fsp3) is 0.487. The van der Waals surface area contributed by atoms with Gasteiger partial charge in [0, 0.05) is 47.5 Å². The molecule has 2 saturated heterocycles. The summed E-state index contributed by atoms with van der Waals surface area (Å²) in [5.74, 6) is 0.949. The number of aryl methyl sites for hydroxylation is 1. The van der Waals surface area contributed by atoms with Crippen LogP contribution < -0.4 is 29.0 Å². The van der Waals surface area contributed by atoms with Crippen molar-refractivity contribution in [3.05, 3.63) is 62.7 Å². The minimum Gasteiger partial charge on any atom is -0.504 e. The van der Waals surface area contributed by atoms with Crippen molar-refractivity contribution in [2.75, 3.05) is 47.0 Å². The highest BCUT2D eigenvalue weighted by atomic mass is 32.2. The number of rotatable bonds is 3. The Bertz CT molecular complexity index is 2130. The Kier molecular flexibility index (Phi) is 8.21. The van der Waals surface area contributed by atoms with Crippen LogP contribution in [0.5, 0.6) is 40.2 Å². The van der Waals surface area contributed by atoms with Crippen molar-refractivity contribution < 1.29 is 53.3 Å². The summed E-state index contributed by atoms with van der Waals surface area (Å²) < 4.78 is 35.9. The maximum Gasteiger partial charge on any atom is 0.331 e. The number of ether oxygens (including phenoxy) is 6. The molecule has 0 amide bonds. The summed E-state index contributed by atoms with van der Waals surface area (Å²) >= 11 is 1.47. The van der Waals surface area contributed by atoms with E-state index in [1.807, 2.05) is 31.9 Å². The third-order valence-corrected chi connectivity index (χ3v) is 13.7. The summed E-state index contributed by atoms with van der Waals surface area (Å²) in [6.07, 6.45) is -0.0282. The fourth-order valence-corrected chi connectivity index (χ4v) is 11.7. The van der Waals surface area contributed by atoms with E-state index in [2.05, 4.69) is 10.2 Å². The number of phenols is 2. The molecule has 4 bridgehead atoms. The molecule has 7 aliphatic rings. The van der Waals surface area contributed by atoms with Gasteiger partial charge in [-0.15, -0.1) is 11.8 Å². The number of methoxy groups -OCH3 is 2. The van der Waals surface area contributed by atoms with Gasteiger partial charge in [0.1, 0.15) is 18.6 Å². The quantitative estimate of drug-likeness (QED) is 0.226. The van der Waals surface area contributed by atoms with Crippen molar-refractivity contribution >= 4 is 23.7 Å². The van der Waals surface area contributed by atoms with Gasteiger partial charge in [0.05, 0.1) is 37.6 Å². The van der Waals surface area contributed by atoms with E-state index in [0.29, 0.717) is 70.2 Å². The first-order chi connectivity index (χ1) is 25.9. The number of carbonyl (C=O) groups excluding carboxylic acids is 2. The topological polar surface area (TPSA) is 169 Å². The molecular weight excluding hydrogens is 719 g/mol. The Morgan fingerprint density at radius 3 is 2.54 bits per heavy atom. The van der Waals surface area contributed by atoms with Crippen molar-refractivity contribution in [2.24, 2.45) is 0 Å². The molecule has 2 fully saturated rings. The van der Waals surface area contributed by atoms with Crippen molar-refractivity contribution in [1.82, 2.24) is 15.1 Å². The number of benzene rings is 3. The van der Waals surface area contributed by atoms with E-state index in [1.165, 1.54) is 32.9 Å². The zero-order chi connectivity index (χ0) is 38.0. The molecule has 286 valence electrons. The number of esters is 2. The lowest BCUT2D eigenvalue weighted by Crippen LogP contribution is -2.70. The molecule has 3 aromatic rings. The molecule has 0 aromatic heterocycles. The van der Waals surface area contributed by atoms with Gasteiger partial charge in [-0.2, -0.15) is 0 Å². The summed E-state index contributed by atoms with van der Waals surface area (Å²) in [5, 5.41) is 38.2. The van der Waals surface area contributed by atoms with Crippen LogP contribution in [0.2, 0.25) is 0 Å². The average molecular weight is 762 g/mol. The maximum atomic E-state index is 14.7. The number of likely N-dealkylation sites (N-methyl/N-ethyl adjacent to an activating group) is 1. The molecule has 14 nitrogen and oxygen atoms in total. The number of aliphatic hydroxyl groups is 1. The lowest BCUT2D eigenvalue weighted by atomic mass is 9.73. The van der Waals surface area contributed by atoms with Crippen LogP contribution in [-0.4, -0.2) is 102 Å². The fourth-order valence-electron chi connectivity index (χ4n) is 10.00. The summed E-state index contributed by atoms with van der Waals surface area (Å²) in [4.78, 5) is 31.7. The number of fused-ring (bicyclic) bond motifs is 9. The third-order valence-electron chi connectivity index (χ3n) is 12.3. The Morgan fingerprint density at radius 1 is 1.02 bits per heavy atom. The Hall–Kier alpha value is -4.41. The molecule has 7 atom stereocenters. The molecule has 3 aromatic carbocycles. The first kappa shape index (κ1) is 35.3. The second kappa shape index (κ2) is 12.6. The second-order valence-corrected chi connectivity index (χ2v) is 16.1. The van der Waals surface area contributed by atoms with Gasteiger partial charge in [0.25, 0.3) is 0 Å². The average Bonchev–Trinajstić information content (AvgIpc) is 3.63. The van der Waals surface area contributed by atoms with Crippen LogP contribution in [0.3, 0.4) is 0 Å². The Balaban J connectivity index is 1.32. The zero-order valence-corrected chi connectivity index (χ0v) is 31.7. The van der Waals surface area contributed by atoms with Gasteiger partial charge in [-0.3, -0.25) is 19.9 Å². The lowest BCUT2D eigenvalue weighted by Gasteiger charge is -2.62. The summed E-state index contributed by atoms with van der Waals surface area (Å²) in [7, 11) is 4.96. The number of aromatic hydroxyl groups is 2. The number of phenolic OH excluding ortho intramolecular Hbond substituents is 2. The number of nitrogens with zero attached hydrogens (tertiary/aromatic N) is 2. The zero-order valence-electron chi connectivity index (χ0n) is 30.8. The van der Waals surface area contributed by atoms with Gasteiger partial charge >= 0.3 is 11.9 Å². The first-order valence-electron chi connectivity index (χ1n) is 18.1. The summed E-state index contributed by atoms with van der Waals surface area (Å²) in [6.45, 7) is 5.26. The van der Waals surface area contributed by atoms with Crippen molar-refractivity contribution in [3.63, 3.8) is 0 Å². The van der Waals surface area contributed by atoms with Crippen LogP contribution in [0.15, 0.2) is 18.2 Å². The number of piperazine rings is 1. The normalized spacial score (nSPS) is 29.4. The molecule has 0 saturated carbocycles. The predicted molar refractivity (Wildman–Crippen MR) is 195 cm³/mol. The van der Waals surface area contributed by atoms with Gasteiger partial charge in [0.15, 0.2) is 40.0 Å². The third kappa shape index (κ3) is 4.74. The van der Waals surface area contributed by atoms with E-state index < -0.39 is 47.1 Å². The van der Waals surface area contributed by atoms with Gasteiger partial charge in [-0.25, -0.2) is 4.79 Å². The smallest absolute Gasteiger partial charge is 0.331 e. The van der Waals surface area contributed by atoms with E-state index in [4.69, 9.17) is 28.4 Å². The van der Waals surface area contributed by atoms with Crippen LogP contribution in [-0.2, 0) is 32.7 Å². The Labute approximate surface area is 316 Å². The standard InChI is InChI=1S/C39H43N3O11S/c1-16-9-20-10-22-37(46)42-23-13-50-38(47)39(21-12-25(48-5)24(44)11-19(21)7-8-40-39)14-54-36(30(42)29(41(22)4)26(20)31(45)32(16)49-6)28-27(23)35-34(51-15-52-35)17(2)33(28)53-18(3)43/h9,11-12,22-23,29-30,36-37,40,44-46H,7-8,10,13-15H2,1-6H3/t22?,23-,29+,30+,36?,37-,39?/m0/s1. The number of nitrogens with one attached hydrogen (secondary N) is 1. The molecule has 15 heteroatoms. The predicted octanol–water partition coefficient (Wildman–Crippen LogP) is 3.41. The highest BCUT2D eigenvalue weighted by Gasteiger charge is 2.61. The number of carbonyl (C=O) groups is 2. The molecule has 10 rings (SSSR count). The molecule has 4 N–H and O–H groups in total. The molecular formula is C39H43N3O11S. The van der Waals surface area contributed by atoms with E-state index in [-0.39, 0.29) is 42.4 Å². The minimum atomic E-state index is -1.36. The number of aliphatic hydroxyl groups excluding tert-OH is 1. The van der Waals surface area contributed by atoms with E-state index in [0.717, 1.165) is 16.7 Å². The minimum absolute atomic E-state index is 0.0226. The lowest BCUT2D eigenvalue weighted by molar-refractivity contribution is -0.186. The number of hydrogen-bond donors (Lipinski definition) is 4. The van der Waals surface area contributed by atoms with Crippen LogP contribution in [0.1, 0.15) is 68.8 Å². The van der Waals surface area contributed by atoms with Crippen molar-refractivity contribution in [2.45, 2.75) is 74.8 Å². The van der Waals surface area contributed by atoms with Crippen LogP contribution in [0, 0.1) is 13.8 Å². The van der Waals surface area contributed by atoms with Gasteiger partial charge in [-0.05, 0) is 68.1 Å². The van der Waals surface area contributed by atoms with Crippen molar-refractivity contribution in [3.8, 4) is 40.2 Å². The molecule has 54 heavy (non-hydrogen) atoms. The molecule has 3 unspecified atom stereocenters. The van der Waals surface area contributed by atoms with Gasteiger partial charge in [-0.1, -0.05) is 6.07 Å². The summed E-state index contributed by atoms with van der Waals surface area (Å²) in [5.41, 5.74) is 4.36. The van der Waals surface area contributed by atoms with E-state index >= 15 is 0 Å². The molecule has 7 heterocycles. The largest absolute Gasteiger partial charge is 0.504 e. The van der Waals surface area contributed by atoms with Crippen molar-refractivity contribution in [1.29, 1.82) is 0 Å². The second-order valence-electron chi connectivity index (χ2n) is 14.9. The van der Waals surface area contributed by atoms with Crippen LogP contribution in [0.4, 0.5) is 0 Å². The van der Waals surface area contributed by atoms with E-state index in [9.17, 15) is 24.9 Å². The number of thioether (sulfide) groups is 1. The highest BCUT2D eigenvalue weighted by Crippen LogP contribution is 2.64.